The molecule has 176 valence electrons. The monoisotopic (exact) mass is 484 g/mol. The minimum absolute atomic E-state index is 0.0239. The number of urea groups is 1. The van der Waals surface area contributed by atoms with Crippen molar-refractivity contribution in [2.45, 2.75) is 55.9 Å². The molecular formula is C20H28N4O6S2. The number of rotatable bonds is 8. The molecule has 12 heteroatoms. The maximum atomic E-state index is 12.8. The third kappa shape index (κ3) is 5.63. The van der Waals surface area contributed by atoms with Crippen LogP contribution in [0.1, 0.15) is 56.2 Å². The van der Waals surface area contributed by atoms with Crippen molar-refractivity contribution in [2.24, 2.45) is 0 Å². The van der Waals surface area contributed by atoms with Gasteiger partial charge in [0.05, 0.1) is 22.1 Å². The highest BCUT2D eigenvalue weighted by atomic mass is 32.2. The standard InChI is InChI=1S/C20H28N4O6S2/c1-12(2)16-9-22-10-17(13(3)4)19(16)23-20(26)24-32(29,30)18-7-6-15(8-14(18)11-25)31(27,28)21-5/h6-10,12-13,21,25H,11H2,1-5H3,(H2,22,23,24,26). The molecule has 0 aliphatic carbocycles. The molecule has 0 aliphatic heterocycles. The summed E-state index contributed by atoms with van der Waals surface area (Å²) in [5.41, 5.74) is 1.81. The molecule has 4 N–H and O–H groups in total. The Morgan fingerprint density at radius 3 is 2.03 bits per heavy atom. The topological polar surface area (TPSA) is 155 Å². The Morgan fingerprint density at radius 2 is 1.56 bits per heavy atom. The van der Waals surface area contributed by atoms with Gasteiger partial charge in [-0.15, -0.1) is 0 Å². The van der Waals surface area contributed by atoms with E-state index in [4.69, 9.17) is 0 Å². The zero-order valence-electron chi connectivity index (χ0n) is 18.5. The molecule has 0 bridgehead atoms. The second kappa shape index (κ2) is 9.94. The largest absolute Gasteiger partial charge is 0.392 e. The molecule has 1 aromatic heterocycles. The molecule has 1 aromatic carbocycles. The van der Waals surface area contributed by atoms with Gasteiger partial charge in [0.15, 0.2) is 0 Å². The summed E-state index contributed by atoms with van der Waals surface area (Å²) in [7, 11) is -7.05. The number of nitrogens with one attached hydrogen (secondary N) is 3. The van der Waals surface area contributed by atoms with E-state index < -0.39 is 37.6 Å². The number of aromatic nitrogens is 1. The quantitative estimate of drug-likeness (QED) is 0.448. The molecule has 1 heterocycles. The minimum Gasteiger partial charge on any atom is -0.392 e. The number of carbonyl (C=O) groups is 1. The molecule has 2 amide bonds. The molecule has 0 saturated carbocycles. The number of carbonyl (C=O) groups excluding carboxylic acids is 1. The van der Waals surface area contributed by atoms with E-state index in [0.717, 1.165) is 29.3 Å². The van der Waals surface area contributed by atoms with E-state index in [1.165, 1.54) is 7.05 Å². The average Bonchev–Trinajstić information content (AvgIpc) is 2.72. The lowest BCUT2D eigenvalue weighted by atomic mass is 9.95. The number of hydrogen-bond donors (Lipinski definition) is 4. The molecule has 0 radical (unpaired) electrons. The van der Waals surface area contributed by atoms with E-state index in [9.17, 15) is 26.7 Å². The van der Waals surface area contributed by atoms with Crippen molar-refractivity contribution < 1.29 is 26.7 Å². The second-order valence-electron chi connectivity index (χ2n) is 7.70. The van der Waals surface area contributed by atoms with Crippen LogP contribution >= 0.6 is 0 Å². The summed E-state index contributed by atoms with van der Waals surface area (Å²) in [5.74, 6) is 0.0477. The van der Waals surface area contributed by atoms with Crippen LogP contribution in [0, 0.1) is 0 Å². The zero-order valence-corrected chi connectivity index (χ0v) is 20.1. The first-order valence-electron chi connectivity index (χ1n) is 9.83. The molecule has 10 nitrogen and oxygen atoms in total. The van der Waals surface area contributed by atoms with Gasteiger partial charge in [0.2, 0.25) is 10.0 Å². The van der Waals surface area contributed by atoms with Crippen molar-refractivity contribution in [1.29, 1.82) is 0 Å². The minimum atomic E-state index is -4.41. The van der Waals surface area contributed by atoms with E-state index in [1.54, 1.807) is 12.4 Å². The first kappa shape index (κ1) is 25.7. The van der Waals surface area contributed by atoms with Gasteiger partial charge in [0, 0.05) is 12.4 Å². The molecule has 0 fully saturated rings. The summed E-state index contributed by atoms with van der Waals surface area (Å²) < 4.78 is 53.6. The molecule has 2 rings (SSSR count). The Kier molecular flexibility index (Phi) is 7.99. The number of benzene rings is 1. The van der Waals surface area contributed by atoms with Gasteiger partial charge in [-0.25, -0.2) is 31.1 Å². The van der Waals surface area contributed by atoms with Gasteiger partial charge >= 0.3 is 6.03 Å². The van der Waals surface area contributed by atoms with E-state index >= 15 is 0 Å². The second-order valence-corrected chi connectivity index (χ2v) is 11.2. The van der Waals surface area contributed by atoms with Crippen LogP contribution in [0.25, 0.3) is 0 Å². The highest BCUT2D eigenvalue weighted by Crippen LogP contribution is 2.31. The number of aliphatic hydroxyl groups excluding tert-OH is 1. The first-order valence-corrected chi connectivity index (χ1v) is 12.8. The Hall–Kier alpha value is -2.54. The molecule has 0 aliphatic rings. The SMILES string of the molecule is CNS(=O)(=O)c1ccc(S(=O)(=O)NC(=O)Nc2c(C(C)C)cncc2C(C)C)c(CO)c1. The number of pyridine rings is 1. The van der Waals surface area contributed by atoms with Crippen molar-refractivity contribution in [3.63, 3.8) is 0 Å². The van der Waals surface area contributed by atoms with E-state index in [-0.39, 0.29) is 22.3 Å². The molecular weight excluding hydrogens is 456 g/mol. The van der Waals surface area contributed by atoms with Crippen molar-refractivity contribution >= 4 is 31.8 Å². The highest BCUT2D eigenvalue weighted by molar-refractivity contribution is 7.90. The van der Waals surface area contributed by atoms with Crippen molar-refractivity contribution in [2.75, 3.05) is 12.4 Å². The molecule has 0 atom stereocenters. The summed E-state index contributed by atoms with van der Waals surface area (Å²) in [6.45, 7) is 6.96. The lowest BCUT2D eigenvalue weighted by molar-refractivity contribution is 0.256. The van der Waals surface area contributed by atoms with Crippen molar-refractivity contribution in [3.05, 3.63) is 47.3 Å². The molecule has 32 heavy (non-hydrogen) atoms. The van der Waals surface area contributed by atoms with Crippen LogP contribution in [-0.4, -0.2) is 40.0 Å². The summed E-state index contributed by atoms with van der Waals surface area (Å²) in [5, 5.41) is 12.2. The van der Waals surface area contributed by atoms with Crippen LogP contribution in [0.3, 0.4) is 0 Å². The van der Waals surface area contributed by atoms with Gasteiger partial charge in [-0.1, -0.05) is 27.7 Å². The summed E-state index contributed by atoms with van der Waals surface area (Å²) in [6.07, 6.45) is 3.23. The van der Waals surface area contributed by atoms with Gasteiger partial charge < -0.3 is 10.4 Å². The number of amides is 2. The van der Waals surface area contributed by atoms with Crippen LogP contribution in [0.5, 0.6) is 0 Å². The van der Waals surface area contributed by atoms with Crippen LogP contribution in [0.15, 0.2) is 40.4 Å². The maximum Gasteiger partial charge on any atom is 0.333 e. The third-order valence-electron chi connectivity index (χ3n) is 4.79. The van der Waals surface area contributed by atoms with E-state index in [2.05, 4.69) is 15.0 Å². The van der Waals surface area contributed by atoms with Crippen molar-refractivity contribution in [3.8, 4) is 0 Å². The predicted octanol–water partition coefficient (Wildman–Crippen LogP) is 2.24. The molecule has 0 saturated heterocycles. The summed E-state index contributed by atoms with van der Waals surface area (Å²) in [4.78, 5) is 16.2. The fraction of sp³-hybridized carbons (Fsp3) is 0.400. The number of hydrogen-bond acceptors (Lipinski definition) is 7. The van der Waals surface area contributed by atoms with E-state index in [1.807, 2.05) is 32.4 Å². The van der Waals surface area contributed by atoms with Gasteiger partial charge in [0.1, 0.15) is 0 Å². The summed E-state index contributed by atoms with van der Waals surface area (Å²) >= 11 is 0. The zero-order chi connectivity index (χ0) is 24.3. The Labute approximate surface area is 188 Å². The van der Waals surface area contributed by atoms with Gasteiger partial charge in [0.25, 0.3) is 10.0 Å². The number of nitrogens with zero attached hydrogens (tertiary/aromatic N) is 1. The predicted molar refractivity (Wildman–Crippen MR) is 120 cm³/mol. The average molecular weight is 485 g/mol. The number of aliphatic hydroxyl groups is 1. The molecule has 2 aromatic rings. The van der Waals surface area contributed by atoms with Crippen molar-refractivity contribution in [1.82, 2.24) is 14.4 Å². The van der Waals surface area contributed by atoms with Crippen LogP contribution in [0.4, 0.5) is 10.5 Å². The third-order valence-corrected chi connectivity index (χ3v) is 7.63. The Morgan fingerprint density at radius 1 is 1.00 bits per heavy atom. The lowest BCUT2D eigenvalue weighted by Gasteiger charge is -2.20. The fourth-order valence-electron chi connectivity index (χ4n) is 3.06. The summed E-state index contributed by atoms with van der Waals surface area (Å²) in [6, 6.07) is 2.15. The molecule has 0 spiro atoms. The number of anilines is 1. The van der Waals surface area contributed by atoms with Gasteiger partial charge in [-0.3, -0.25) is 4.98 Å². The highest BCUT2D eigenvalue weighted by Gasteiger charge is 2.25. The van der Waals surface area contributed by atoms with Crippen LogP contribution in [0.2, 0.25) is 0 Å². The smallest absolute Gasteiger partial charge is 0.333 e. The Balaban J connectivity index is 2.39. The fourth-order valence-corrected chi connectivity index (χ4v) is 4.96. The Bertz CT molecular complexity index is 1180. The van der Waals surface area contributed by atoms with Crippen LogP contribution < -0.4 is 14.8 Å². The molecule has 0 unspecified atom stereocenters. The van der Waals surface area contributed by atoms with Gasteiger partial charge in [-0.2, -0.15) is 0 Å². The normalized spacial score (nSPS) is 12.2. The van der Waals surface area contributed by atoms with Gasteiger partial charge in [-0.05, 0) is 53.8 Å². The van der Waals surface area contributed by atoms with Crippen LogP contribution in [-0.2, 0) is 26.7 Å². The maximum absolute atomic E-state index is 12.8. The first-order chi connectivity index (χ1) is 14.8. The number of sulfonamides is 2. The van der Waals surface area contributed by atoms with E-state index in [0.29, 0.717) is 5.69 Å². The lowest BCUT2D eigenvalue weighted by Crippen LogP contribution is -2.35.